The van der Waals surface area contributed by atoms with Crippen LogP contribution in [0.1, 0.15) is 55.2 Å². The Hall–Kier alpha value is -2.99. The monoisotopic (exact) mass is 419 g/mol. The Labute approximate surface area is 183 Å². The number of benzene rings is 1. The standard InChI is InChI=1S/C25H29N3O3/c1-25(2,3)31-24(30)23-20(16-9-11-26-12-10-16)14-19(15-27-23)17-5-7-21-18(13-17)6-8-22(29)28(21)4/h5,7,9,13-15,26H,6,8,10-12H2,1-4H3. The number of carbonyl (C=O) groups is 2. The van der Waals surface area contributed by atoms with E-state index in [2.05, 4.69) is 22.4 Å². The van der Waals surface area contributed by atoms with Crippen molar-refractivity contribution >= 4 is 23.1 Å². The van der Waals surface area contributed by atoms with Crippen LogP contribution in [0.2, 0.25) is 0 Å². The second-order valence-corrected chi connectivity index (χ2v) is 9.10. The highest BCUT2D eigenvalue weighted by Gasteiger charge is 2.25. The largest absolute Gasteiger partial charge is 0.455 e. The number of esters is 1. The van der Waals surface area contributed by atoms with Gasteiger partial charge in [-0.1, -0.05) is 12.1 Å². The SMILES string of the molecule is CN1C(=O)CCc2cc(-c3cnc(C(=O)OC(C)(C)C)c(C4=CCNCC4)c3)ccc21. The number of ether oxygens (including phenoxy) is 1. The minimum atomic E-state index is -0.584. The number of aryl methyl sites for hydroxylation is 1. The summed E-state index contributed by atoms with van der Waals surface area (Å²) in [5.41, 5.74) is 5.80. The molecule has 162 valence electrons. The summed E-state index contributed by atoms with van der Waals surface area (Å²) in [4.78, 5) is 31.1. The first-order valence-corrected chi connectivity index (χ1v) is 10.8. The molecule has 0 atom stereocenters. The number of anilines is 1. The molecule has 0 bridgehead atoms. The fraction of sp³-hybridized carbons (Fsp3) is 0.400. The van der Waals surface area contributed by atoms with E-state index in [1.807, 2.05) is 46.0 Å². The number of nitrogens with one attached hydrogen (secondary N) is 1. The third-order valence-corrected chi connectivity index (χ3v) is 5.65. The molecule has 1 aromatic heterocycles. The smallest absolute Gasteiger partial charge is 0.358 e. The molecule has 4 rings (SSSR count). The van der Waals surface area contributed by atoms with E-state index in [4.69, 9.17) is 4.74 Å². The average Bonchev–Trinajstić information content (AvgIpc) is 2.75. The van der Waals surface area contributed by atoms with Crippen molar-refractivity contribution in [2.45, 2.75) is 45.6 Å². The van der Waals surface area contributed by atoms with E-state index in [9.17, 15) is 9.59 Å². The van der Waals surface area contributed by atoms with Gasteiger partial charge in [-0.15, -0.1) is 0 Å². The first-order valence-electron chi connectivity index (χ1n) is 10.8. The molecule has 0 saturated carbocycles. The molecule has 1 amide bonds. The molecule has 0 aliphatic carbocycles. The number of nitrogens with zero attached hydrogens (tertiary/aromatic N) is 2. The lowest BCUT2D eigenvalue weighted by atomic mass is 9.93. The van der Waals surface area contributed by atoms with Gasteiger partial charge < -0.3 is 15.0 Å². The maximum absolute atomic E-state index is 12.9. The molecule has 0 fully saturated rings. The minimum Gasteiger partial charge on any atom is -0.455 e. The van der Waals surface area contributed by atoms with Crippen molar-refractivity contribution in [1.82, 2.24) is 10.3 Å². The fourth-order valence-corrected chi connectivity index (χ4v) is 4.06. The third-order valence-electron chi connectivity index (χ3n) is 5.65. The summed E-state index contributed by atoms with van der Waals surface area (Å²) in [6, 6.07) is 8.18. The molecule has 2 aliphatic rings. The van der Waals surface area contributed by atoms with Crippen molar-refractivity contribution in [2.75, 3.05) is 25.0 Å². The zero-order chi connectivity index (χ0) is 22.2. The Morgan fingerprint density at radius 3 is 2.65 bits per heavy atom. The first-order chi connectivity index (χ1) is 14.7. The van der Waals surface area contributed by atoms with Crippen molar-refractivity contribution in [1.29, 1.82) is 0 Å². The van der Waals surface area contributed by atoms with Crippen molar-refractivity contribution in [3.63, 3.8) is 0 Å². The van der Waals surface area contributed by atoms with Gasteiger partial charge in [0.25, 0.3) is 0 Å². The second kappa shape index (κ2) is 8.27. The van der Waals surface area contributed by atoms with Gasteiger partial charge in [-0.05, 0) is 75.1 Å². The highest BCUT2D eigenvalue weighted by Crippen LogP contribution is 2.33. The van der Waals surface area contributed by atoms with Gasteiger partial charge in [0, 0.05) is 43.0 Å². The molecule has 2 aliphatic heterocycles. The molecular weight excluding hydrogens is 390 g/mol. The van der Waals surface area contributed by atoms with Gasteiger partial charge in [0.1, 0.15) is 5.60 Å². The summed E-state index contributed by atoms with van der Waals surface area (Å²) in [5, 5.41) is 3.31. The Bertz CT molecular complexity index is 1070. The molecule has 1 N–H and O–H groups in total. The summed E-state index contributed by atoms with van der Waals surface area (Å²) < 4.78 is 5.62. The highest BCUT2D eigenvalue weighted by atomic mass is 16.6. The summed E-state index contributed by atoms with van der Waals surface area (Å²) in [6.45, 7) is 7.21. The van der Waals surface area contributed by atoms with Crippen LogP contribution in [0.5, 0.6) is 0 Å². The van der Waals surface area contributed by atoms with Crippen molar-refractivity contribution < 1.29 is 14.3 Å². The molecule has 6 heteroatoms. The van der Waals surface area contributed by atoms with E-state index >= 15 is 0 Å². The van der Waals surface area contributed by atoms with E-state index < -0.39 is 11.6 Å². The molecule has 3 heterocycles. The maximum Gasteiger partial charge on any atom is 0.358 e. The molecule has 0 unspecified atom stereocenters. The lowest BCUT2D eigenvalue weighted by Crippen LogP contribution is -2.30. The Kier molecular flexibility index (Phi) is 5.67. The molecular formula is C25H29N3O3. The number of hydrogen-bond donors (Lipinski definition) is 1. The van der Waals surface area contributed by atoms with E-state index in [-0.39, 0.29) is 5.91 Å². The summed E-state index contributed by atoms with van der Waals surface area (Å²) >= 11 is 0. The number of hydrogen-bond acceptors (Lipinski definition) is 5. The van der Waals surface area contributed by atoms with Crippen molar-refractivity contribution in [3.05, 3.63) is 53.4 Å². The number of rotatable bonds is 3. The Morgan fingerprint density at radius 1 is 1.13 bits per heavy atom. The predicted molar refractivity (Wildman–Crippen MR) is 122 cm³/mol. The van der Waals surface area contributed by atoms with Gasteiger partial charge in [-0.25, -0.2) is 9.78 Å². The van der Waals surface area contributed by atoms with Gasteiger partial charge in [-0.3, -0.25) is 4.79 Å². The number of carbonyl (C=O) groups excluding carboxylic acids is 2. The Balaban J connectivity index is 1.75. The lowest BCUT2D eigenvalue weighted by molar-refractivity contribution is -0.118. The molecule has 1 aromatic carbocycles. The van der Waals surface area contributed by atoms with Crippen LogP contribution in [-0.4, -0.2) is 42.6 Å². The highest BCUT2D eigenvalue weighted by molar-refractivity contribution is 5.97. The zero-order valence-electron chi connectivity index (χ0n) is 18.6. The molecule has 0 radical (unpaired) electrons. The van der Waals surface area contributed by atoms with E-state index in [1.54, 1.807) is 11.1 Å². The van der Waals surface area contributed by atoms with Gasteiger partial charge >= 0.3 is 5.97 Å². The van der Waals surface area contributed by atoms with Crippen molar-refractivity contribution in [2.24, 2.45) is 0 Å². The minimum absolute atomic E-state index is 0.142. The summed E-state index contributed by atoms with van der Waals surface area (Å²) in [5.74, 6) is -0.261. The van der Waals surface area contributed by atoms with Gasteiger partial charge in [0.15, 0.2) is 5.69 Å². The van der Waals surface area contributed by atoms with E-state index in [1.165, 1.54) is 0 Å². The molecule has 31 heavy (non-hydrogen) atoms. The normalized spacial score (nSPS) is 16.6. The topological polar surface area (TPSA) is 71.5 Å². The maximum atomic E-state index is 12.9. The molecule has 2 aromatic rings. The first kappa shape index (κ1) is 21.2. The van der Waals surface area contributed by atoms with Crippen LogP contribution in [0.25, 0.3) is 16.7 Å². The third kappa shape index (κ3) is 4.54. The number of fused-ring (bicyclic) bond motifs is 1. The second-order valence-electron chi connectivity index (χ2n) is 9.10. The van der Waals surface area contributed by atoms with Crippen LogP contribution < -0.4 is 10.2 Å². The quantitative estimate of drug-likeness (QED) is 0.762. The van der Waals surface area contributed by atoms with Crippen LogP contribution in [0.15, 0.2) is 36.5 Å². The fourth-order valence-electron chi connectivity index (χ4n) is 4.06. The number of amides is 1. The van der Waals surface area contributed by atoms with Gasteiger partial charge in [0.05, 0.1) is 0 Å². The van der Waals surface area contributed by atoms with E-state index in [0.717, 1.165) is 59.4 Å². The lowest BCUT2D eigenvalue weighted by Gasteiger charge is -2.26. The molecule has 0 saturated heterocycles. The summed E-state index contributed by atoms with van der Waals surface area (Å²) in [6.07, 6.45) is 5.95. The van der Waals surface area contributed by atoms with Crippen LogP contribution in [0, 0.1) is 0 Å². The summed E-state index contributed by atoms with van der Waals surface area (Å²) in [7, 11) is 1.82. The average molecular weight is 420 g/mol. The van der Waals surface area contributed by atoms with Crippen molar-refractivity contribution in [3.8, 4) is 11.1 Å². The van der Waals surface area contributed by atoms with Gasteiger partial charge in [-0.2, -0.15) is 0 Å². The zero-order valence-corrected chi connectivity index (χ0v) is 18.6. The molecule has 0 spiro atoms. The van der Waals surface area contributed by atoms with Gasteiger partial charge in [0.2, 0.25) is 5.91 Å². The number of pyridine rings is 1. The van der Waals surface area contributed by atoms with E-state index in [0.29, 0.717) is 12.1 Å². The van der Waals surface area contributed by atoms with Crippen LogP contribution >= 0.6 is 0 Å². The Morgan fingerprint density at radius 2 is 1.94 bits per heavy atom. The number of aromatic nitrogens is 1. The van der Waals surface area contributed by atoms with Crippen LogP contribution in [0.3, 0.4) is 0 Å². The molecule has 6 nitrogen and oxygen atoms in total. The van der Waals surface area contributed by atoms with Crippen LogP contribution in [-0.2, 0) is 16.0 Å². The van der Waals surface area contributed by atoms with Crippen LogP contribution in [0.4, 0.5) is 5.69 Å². The predicted octanol–water partition coefficient (Wildman–Crippen LogP) is 3.99.